The molecule has 3 amide bonds. The van der Waals surface area contributed by atoms with E-state index in [4.69, 9.17) is 15.9 Å². The van der Waals surface area contributed by atoms with Crippen LogP contribution in [0.1, 0.15) is 77.7 Å². The quantitative estimate of drug-likeness (QED) is 0.129. The topological polar surface area (TPSA) is 129 Å². The lowest BCUT2D eigenvalue weighted by Crippen LogP contribution is -2.37. The molecule has 1 saturated heterocycles. The van der Waals surface area contributed by atoms with E-state index >= 15 is 0 Å². The lowest BCUT2D eigenvalue weighted by Gasteiger charge is -2.27. The molecule has 3 unspecified atom stereocenters. The van der Waals surface area contributed by atoms with Crippen LogP contribution in [-0.2, 0) is 16.0 Å². The SMILES string of the molecule is C/C=C(\C=C(/C)CNC=O)C(=N)N.CC.CC1C[C@]2(C)C(C)C2N1C=O.CCN1CCc2cc(Oc3ccccc3)ccc2C1=O. The smallest absolute Gasteiger partial charge is 0.254 e. The molecule has 4 N–H and O–H groups in total. The van der Waals surface area contributed by atoms with E-state index in [1.54, 1.807) is 12.2 Å². The minimum absolute atomic E-state index is 0.0351. The van der Waals surface area contributed by atoms with Crippen molar-refractivity contribution in [1.82, 2.24) is 15.1 Å². The number of hydrogen-bond acceptors (Lipinski definition) is 5. The van der Waals surface area contributed by atoms with E-state index in [0.717, 1.165) is 60.0 Å². The zero-order valence-electron chi connectivity index (χ0n) is 28.8. The highest BCUT2D eigenvalue weighted by Crippen LogP contribution is 2.63. The summed E-state index contributed by atoms with van der Waals surface area (Å²) >= 11 is 0. The first-order valence-electron chi connectivity index (χ1n) is 16.2. The molecule has 9 heteroatoms. The Bertz CT molecular complexity index is 1390. The maximum atomic E-state index is 12.2. The van der Waals surface area contributed by atoms with Gasteiger partial charge in [0, 0.05) is 42.9 Å². The number of para-hydroxylation sites is 1. The number of hydrogen-bond donors (Lipinski definition) is 3. The number of amidine groups is 1. The van der Waals surface area contributed by atoms with Crippen molar-refractivity contribution in [3.63, 3.8) is 0 Å². The number of nitrogens with zero attached hydrogens (tertiary/aromatic N) is 2. The lowest BCUT2D eigenvalue weighted by atomic mass is 9.99. The standard InChI is InChI=1S/C17H17NO2.C9H15N3O.C9H15NO.C2H6/c1-2-18-11-10-13-12-15(8-9-16(13)17(18)19)20-14-6-4-3-5-7-14;1-3-8(9(10)11)4-7(2)5-12-6-13;1-6-4-9(3)7(2)8(9)10(6)5-11;1-2/h3-9,12H,2,10-11H2,1H3;3-4,6H,5H2,1-2H3,(H3,10,11)(H,12,13);5-8H,4H2,1-3H3;1-2H3/b;7-4+,8-3+;;/t;;6?,7?,8?,9-;/m..1./s1. The first-order valence-corrected chi connectivity index (χ1v) is 16.2. The van der Waals surface area contributed by atoms with Gasteiger partial charge in [-0.1, -0.05) is 63.6 Å². The van der Waals surface area contributed by atoms with Gasteiger partial charge in [-0.25, -0.2) is 0 Å². The maximum absolute atomic E-state index is 12.2. The van der Waals surface area contributed by atoms with Crippen LogP contribution in [-0.4, -0.2) is 66.1 Å². The van der Waals surface area contributed by atoms with E-state index in [1.807, 2.05) is 92.9 Å². The van der Waals surface area contributed by atoms with E-state index in [0.29, 0.717) is 36.0 Å². The predicted octanol–water partition coefficient (Wildman–Crippen LogP) is 6.35. The number of carbonyl (C=O) groups is 3. The van der Waals surface area contributed by atoms with E-state index in [-0.39, 0.29) is 11.7 Å². The summed E-state index contributed by atoms with van der Waals surface area (Å²) in [5.74, 6) is 2.48. The monoisotopic (exact) mass is 631 g/mol. The minimum atomic E-state index is 0.0351. The number of likely N-dealkylation sites (N-methyl/N-ethyl adjacent to an activating group) is 1. The molecular formula is C37H53N5O4. The number of amides is 3. The number of nitrogens with two attached hydrogens (primary N) is 1. The number of benzene rings is 2. The summed E-state index contributed by atoms with van der Waals surface area (Å²) in [6, 6.07) is 16.4. The predicted molar refractivity (Wildman–Crippen MR) is 186 cm³/mol. The Kier molecular flexibility index (Phi) is 14.7. The van der Waals surface area contributed by atoms with Crippen molar-refractivity contribution >= 4 is 24.6 Å². The van der Waals surface area contributed by atoms with Crippen LogP contribution >= 0.6 is 0 Å². The van der Waals surface area contributed by atoms with Crippen molar-refractivity contribution in [3.8, 4) is 11.5 Å². The third-order valence-electron chi connectivity index (χ3n) is 8.86. The number of carbonyl (C=O) groups excluding carboxylic acids is 3. The number of ether oxygens (including phenoxy) is 1. The minimum Gasteiger partial charge on any atom is -0.457 e. The molecule has 2 aromatic rings. The van der Waals surface area contributed by atoms with Crippen LogP contribution in [0, 0.1) is 16.7 Å². The normalized spacial score (nSPS) is 22.7. The summed E-state index contributed by atoms with van der Waals surface area (Å²) in [6.45, 7) is 18.4. The molecule has 2 fully saturated rings. The van der Waals surface area contributed by atoms with Gasteiger partial charge in [0.25, 0.3) is 5.91 Å². The van der Waals surface area contributed by atoms with Crippen LogP contribution in [0.3, 0.4) is 0 Å². The number of likely N-dealkylation sites (tertiary alicyclic amines) is 1. The molecule has 4 atom stereocenters. The Morgan fingerprint density at radius 3 is 2.33 bits per heavy atom. The molecule has 0 radical (unpaired) electrons. The van der Waals surface area contributed by atoms with Gasteiger partial charge in [-0.05, 0) is 87.8 Å². The van der Waals surface area contributed by atoms with Gasteiger partial charge in [0.2, 0.25) is 12.8 Å². The molecule has 1 aliphatic carbocycles. The molecule has 9 nitrogen and oxygen atoms in total. The fourth-order valence-electron chi connectivity index (χ4n) is 6.20. The molecule has 2 heterocycles. The van der Waals surface area contributed by atoms with Crippen LogP contribution in [0.2, 0.25) is 0 Å². The second-order valence-corrected chi connectivity index (χ2v) is 11.9. The lowest BCUT2D eigenvalue weighted by molar-refractivity contribution is -0.119. The molecule has 0 spiro atoms. The van der Waals surface area contributed by atoms with Crippen molar-refractivity contribution in [2.45, 2.75) is 80.3 Å². The average Bonchev–Trinajstić information content (AvgIpc) is 3.44. The summed E-state index contributed by atoms with van der Waals surface area (Å²) in [5, 5.41) is 9.73. The number of rotatable bonds is 9. The Labute approximate surface area is 275 Å². The first-order chi connectivity index (χ1) is 22.0. The molecule has 2 aliphatic heterocycles. The summed E-state index contributed by atoms with van der Waals surface area (Å²) in [6.07, 6.45) is 7.27. The fourth-order valence-corrected chi connectivity index (χ4v) is 6.20. The van der Waals surface area contributed by atoms with E-state index in [2.05, 4.69) is 26.1 Å². The first kappa shape index (κ1) is 37.8. The van der Waals surface area contributed by atoms with Crippen LogP contribution in [0.4, 0.5) is 0 Å². The Morgan fingerprint density at radius 1 is 1.13 bits per heavy atom. The number of piperidine rings is 1. The van der Waals surface area contributed by atoms with Gasteiger partial charge in [0.15, 0.2) is 0 Å². The molecule has 0 bridgehead atoms. The van der Waals surface area contributed by atoms with Gasteiger partial charge in [0.05, 0.1) is 0 Å². The summed E-state index contributed by atoms with van der Waals surface area (Å²) < 4.78 is 5.81. The fraction of sp³-hybridized carbons (Fsp3) is 0.459. The van der Waals surface area contributed by atoms with Gasteiger partial charge in [-0.3, -0.25) is 19.8 Å². The van der Waals surface area contributed by atoms with Crippen molar-refractivity contribution < 1.29 is 19.1 Å². The summed E-state index contributed by atoms with van der Waals surface area (Å²) in [5.41, 5.74) is 9.27. The number of nitrogens with one attached hydrogen (secondary N) is 2. The molecular weight excluding hydrogens is 578 g/mol. The van der Waals surface area contributed by atoms with Crippen LogP contribution in [0.5, 0.6) is 11.5 Å². The van der Waals surface area contributed by atoms with Gasteiger partial charge < -0.3 is 25.6 Å². The van der Waals surface area contributed by atoms with Crippen molar-refractivity contribution in [2.75, 3.05) is 19.6 Å². The molecule has 3 aliphatic rings. The van der Waals surface area contributed by atoms with E-state index in [1.165, 1.54) is 6.42 Å². The van der Waals surface area contributed by atoms with Gasteiger partial charge in [-0.2, -0.15) is 0 Å². The zero-order chi connectivity index (χ0) is 34.4. The highest BCUT2D eigenvalue weighted by Gasteiger charge is 2.66. The van der Waals surface area contributed by atoms with Crippen molar-refractivity contribution in [3.05, 3.63) is 83.0 Å². The number of allylic oxidation sites excluding steroid dienone is 1. The molecule has 0 aromatic heterocycles. The van der Waals surface area contributed by atoms with E-state index < -0.39 is 0 Å². The third kappa shape index (κ3) is 9.55. The van der Waals surface area contributed by atoms with Crippen LogP contribution in [0.15, 0.2) is 71.8 Å². The third-order valence-corrected chi connectivity index (χ3v) is 8.86. The van der Waals surface area contributed by atoms with Crippen molar-refractivity contribution in [1.29, 1.82) is 5.41 Å². The molecule has 250 valence electrons. The Balaban J connectivity index is 0.000000247. The molecule has 5 rings (SSSR count). The van der Waals surface area contributed by atoms with Crippen LogP contribution < -0.4 is 15.8 Å². The van der Waals surface area contributed by atoms with E-state index in [9.17, 15) is 14.4 Å². The average molecular weight is 632 g/mol. The largest absolute Gasteiger partial charge is 0.457 e. The second-order valence-electron chi connectivity index (χ2n) is 11.9. The summed E-state index contributed by atoms with van der Waals surface area (Å²) in [4.78, 5) is 36.7. The molecule has 1 saturated carbocycles. The number of fused-ring (bicyclic) bond motifs is 2. The van der Waals surface area contributed by atoms with Gasteiger partial charge >= 0.3 is 0 Å². The van der Waals surface area contributed by atoms with Gasteiger partial charge in [-0.15, -0.1) is 0 Å². The maximum Gasteiger partial charge on any atom is 0.254 e. The highest BCUT2D eigenvalue weighted by molar-refractivity contribution is 5.97. The van der Waals surface area contributed by atoms with Gasteiger partial charge in [0.1, 0.15) is 17.3 Å². The summed E-state index contributed by atoms with van der Waals surface area (Å²) in [7, 11) is 0. The van der Waals surface area contributed by atoms with Crippen molar-refractivity contribution in [2.24, 2.45) is 17.1 Å². The zero-order valence-corrected chi connectivity index (χ0v) is 28.8. The van der Waals surface area contributed by atoms with Crippen LogP contribution in [0.25, 0.3) is 0 Å². The Hall–Kier alpha value is -4.40. The molecule has 2 aromatic carbocycles. The molecule has 46 heavy (non-hydrogen) atoms. The highest BCUT2D eigenvalue weighted by atomic mass is 16.5. The second kappa shape index (κ2) is 17.9. The Morgan fingerprint density at radius 2 is 1.80 bits per heavy atom.